The standard InChI is InChI=1S/C13H21N3/c1-16-9-3-5-13(11-16)15-8-6-12-4-2-7-14-10-12/h2,4,7,10,13,15H,3,5-6,8-9,11H2,1H3. The van der Waals surface area contributed by atoms with E-state index in [4.69, 9.17) is 0 Å². The molecular weight excluding hydrogens is 198 g/mol. The zero-order chi connectivity index (χ0) is 11.2. The quantitative estimate of drug-likeness (QED) is 0.827. The van der Waals surface area contributed by atoms with Crippen molar-refractivity contribution in [2.24, 2.45) is 0 Å². The lowest BCUT2D eigenvalue weighted by Gasteiger charge is -2.30. The highest BCUT2D eigenvalue weighted by atomic mass is 15.1. The van der Waals surface area contributed by atoms with E-state index in [9.17, 15) is 0 Å². The molecule has 1 aliphatic rings. The first kappa shape index (κ1) is 11.6. The van der Waals surface area contributed by atoms with E-state index in [1.165, 1.54) is 31.5 Å². The summed E-state index contributed by atoms with van der Waals surface area (Å²) in [6, 6.07) is 4.82. The van der Waals surface area contributed by atoms with Crippen LogP contribution in [0.4, 0.5) is 0 Å². The summed E-state index contributed by atoms with van der Waals surface area (Å²) in [7, 11) is 2.20. The van der Waals surface area contributed by atoms with Crippen LogP contribution in [0.2, 0.25) is 0 Å². The van der Waals surface area contributed by atoms with E-state index in [-0.39, 0.29) is 0 Å². The molecule has 1 aromatic rings. The summed E-state index contributed by atoms with van der Waals surface area (Å²) in [4.78, 5) is 6.53. The maximum atomic E-state index is 4.13. The minimum Gasteiger partial charge on any atom is -0.312 e. The molecule has 0 bridgehead atoms. The molecule has 1 unspecified atom stereocenters. The lowest BCUT2D eigenvalue weighted by Crippen LogP contribution is -2.44. The molecule has 0 aliphatic carbocycles. The number of pyridine rings is 1. The van der Waals surface area contributed by atoms with Crippen LogP contribution in [-0.4, -0.2) is 42.6 Å². The highest BCUT2D eigenvalue weighted by Crippen LogP contribution is 2.07. The lowest BCUT2D eigenvalue weighted by molar-refractivity contribution is 0.228. The minimum atomic E-state index is 0.676. The van der Waals surface area contributed by atoms with Crippen LogP contribution >= 0.6 is 0 Å². The highest BCUT2D eigenvalue weighted by Gasteiger charge is 2.15. The smallest absolute Gasteiger partial charge is 0.0300 e. The Morgan fingerprint density at radius 1 is 1.56 bits per heavy atom. The summed E-state index contributed by atoms with van der Waals surface area (Å²) in [5.74, 6) is 0. The number of hydrogen-bond donors (Lipinski definition) is 1. The van der Waals surface area contributed by atoms with Gasteiger partial charge in [-0.3, -0.25) is 4.98 Å². The normalized spacial score (nSPS) is 22.2. The Hall–Kier alpha value is -0.930. The maximum Gasteiger partial charge on any atom is 0.0300 e. The molecule has 1 atom stereocenters. The number of hydrogen-bond acceptors (Lipinski definition) is 3. The molecule has 0 saturated carbocycles. The van der Waals surface area contributed by atoms with E-state index in [2.05, 4.69) is 28.3 Å². The summed E-state index contributed by atoms with van der Waals surface area (Å²) in [6.45, 7) is 3.50. The Morgan fingerprint density at radius 3 is 3.25 bits per heavy atom. The molecule has 0 aromatic carbocycles. The summed E-state index contributed by atoms with van der Waals surface area (Å²) in [5.41, 5.74) is 1.32. The molecule has 1 saturated heterocycles. The van der Waals surface area contributed by atoms with Crippen molar-refractivity contribution >= 4 is 0 Å². The second-order valence-electron chi connectivity index (χ2n) is 4.67. The van der Waals surface area contributed by atoms with Gasteiger partial charge in [0.1, 0.15) is 0 Å². The van der Waals surface area contributed by atoms with E-state index < -0.39 is 0 Å². The first-order chi connectivity index (χ1) is 7.84. The van der Waals surface area contributed by atoms with Crippen LogP contribution in [0.5, 0.6) is 0 Å². The molecule has 1 aromatic heterocycles. The van der Waals surface area contributed by atoms with Gasteiger partial charge in [-0.1, -0.05) is 6.07 Å². The number of likely N-dealkylation sites (tertiary alicyclic amines) is 1. The van der Waals surface area contributed by atoms with Crippen LogP contribution in [0.25, 0.3) is 0 Å². The molecule has 0 spiro atoms. The van der Waals surface area contributed by atoms with Gasteiger partial charge in [0.25, 0.3) is 0 Å². The minimum absolute atomic E-state index is 0.676. The van der Waals surface area contributed by atoms with E-state index >= 15 is 0 Å². The fourth-order valence-electron chi connectivity index (χ4n) is 2.30. The van der Waals surface area contributed by atoms with Crippen LogP contribution in [0, 0.1) is 0 Å². The van der Waals surface area contributed by atoms with Crippen molar-refractivity contribution in [1.29, 1.82) is 0 Å². The van der Waals surface area contributed by atoms with Crippen LogP contribution in [0.1, 0.15) is 18.4 Å². The average Bonchev–Trinajstić information content (AvgIpc) is 2.30. The molecule has 2 rings (SSSR count). The Balaban J connectivity index is 1.68. The molecule has 0 amide bonds. The van der Waals surface area contributed by atoms with Gasteiger partial charge in [-0.2, -0.15) is 0 Å². The second-order valence-corrected chi connectivity index (χ2v) is 4.67. The number of nitrogens with zero attached hydrogens (tertiary/aromatic N) is 2. The van der Waals surface area contributed by atoms with E-state index in [1.54, 1.807) is 0 Å². The van der Waals surface area contributed by atoms with Crippen molar-refractivity contribution < 1.29 is 0 Å². The summed E-state index contributed by atoms with van der Waals surface area (Å²) in [6.07, 6.45) is 7.49. The third-order valence-corrected chi connectivity index (χ3v) is 3.19. The summed E-state index contributed by atoms with van der Waals surface area (Å²) >= 11 is 0. The SMILES string of the molecule is CN1CCCC(NCCc2cccnc2)C1. The van der Waals surface area contributed by atoms with Crippen molar-refractivity contribution in [2.75, 3.05) is 26.7 Å². The first-order valence-corrected chi connectivity index (χ1v) is 6.15. The van der Waals surface area contributed by atoms with Gasteiger partial charge in [0, 0.05) is 25.0 Å². The van der Waals surface area contributed by atoms with Crippen molar-refractivity contribution in [3.8, 4) is 0 Å². The molecule has 2 heterocycles. The lowest BCUT2D eigenvalue weighted by atomic mass is 10.1. The molecule has 88 valence electrons. The predicted octanol–water partition coefficient (Wildman–Crippen LogP) is 1.31. The van der Waals surface area contributed by atoms with Crippen molar-refractivity contribution in [2.45, 2.75) is 25.3 Å². The molecule has 16 heavy (non-hydrogen) atoms. The average molecular weight is 219 g/mol. The van der Waals surface area contributed by atoms with Gasteiger partial charge in [-0.25, -0.2) is 0 Å². The largest absolute Gasteiger partial charge is 0.312 e. The van der Waals surface area contributed by atoms with Gasteiger partial charge in [0.05, 0.1) is 0 Å². The third-order valence-electron chi connectivity index (χ3n) is 3.19. The third kappa shape index (κ3) is 3.58. The number of likely N-dealkylation sites (N-methyl/N-ethyl adjacent to an activating group) is 1. The van der Waals surface area contributed by atoms with Gasteiger partial charge in [0.15, 0.2) is 0 Å². The van der Waals surface area contributed by atoms with Crippen LogP contribution < -0.4 is 5.32 Å². The molecule has 3 heteroatoms. The van der Waals surface area contributed by atoms with Gasteiger partial charge in [-0.05, 0) is 51.0 Å². The van der Waals surface area contributed by atoms with E-state index in [0.717, 1.165) is 13.0 Å². The van der Waals surface area contributed by atoms with Gasteiger partial charge in [-0.15, -0.1) is 0 Å². The number of nitrogens with one attached hydrogen (secondary N) is 1. The number of rotatable bonds is 4. The Labute approximate surface area is 97.9 Å². The Bertz CT molecular complexity index is 299. The van der Waals surface area contributed by atoms with E-state index in [0.29, 0.717) is 6.04 Å². The fraction of sp³-hybridized carbons (Fsp3) is 0.615. The highest BCUT2D eigenvalue weighted by molar-refractivity contribution is 5.08. The number of aromatic nitrogens is 1. The Morgan fingerprint density at radius 2 is 2.50 bits per heavy atom. The van der Waals surface area contributed by atoms with Crippen molar-refractivity contribution in [3.05, 3.63) is 30.1 Å². The monoisotopic (exact) mass is 219 g/mol. The molecule has 1 N–H and O–H groups in total. The molecule has 1 fully saturated rings. The maximum absolute atomic E-state index is 4.13. The zero-order valence-corrected chi connectivity index (χ0v) is 10.0. The molecule has 1 aliphatic heterocycles. The van der Waals surface area contributed by atoms with Gasteiger partial charge in [0.2, 0.25) is 0 Å². The van der Waals surface area contributed by atoms with Crippen molar-refractivity contribution in [3.63, 3.8) is 0 Å². The molecular formula is C13H21N3. The summed E-state index contributed by atoms with van der Waals surface area (Å²) < 4.78 is 0. The molecule has 0 radical (unpaired) electrons. The second kappa shape index (κ2) is 5.97. The summed E-state index contributed by atoms with van der Waals surface area (Å²) in [5, 5.41) is 3.63. The Kier molecular flexibility index (Phi) is 4.31. The van der Waals surface area contributed by atoms with Gasteiger partial charge < -0.3 is 10.2 Å². The van der Waals surface area contributed by atoms with Crippen molar-refractivity contribution in [1.82, 2.24) is 15.2 Å². The first-order valence-electron chi connectivity index (χ1n) is 6.15. The van der Waals surface area contributed by atoms with Crippen LogP contribution in [0.3, 0.4) is 0 Å². The van der Waals surface area contributed by atoms with Gasteiger partial charge >= 0.3 is 0 Å². The predicted molar refractivity (Wildman–Crippen MR) is 66.5 cm³/mol. The van der Waals surface area contributed by atoms with Crippen LogP contribution in [0.15, 0.2) is 24.5 Å². The van der Waals surface area contributed by atoms with Crippen LogP contribution in [-0.2, 0) is 6.42 Å². The zero-order valence-electron chi connectivity index (χ0n) is 10.0. The van der Waals surface area contributed by atoms with E-state index in [1.807, 2.05) is 18.5 Å². The number of piperidine rings is 1. The molecule has 3 nitrogen and oxygen atoms in total. The topological polar surface area (TPSA) is 28.2 Å². The fourth-order valence-corrected chi connectivity index (χ4v) is 2.30.